The minimum Gasteiger partial charge on any atom is -0.497 e. The zero-order valence-corrected chi connectivity index (χ0v) is 17.7. The molecule has 0 bridgehead atoms. The molecule has 2 atom stereocenters. The Morgan fingerprint density at radius 3 is 2.39 bits per heavy atom. The van der Waals surface area contributed by atoms with E-state index >= 15 is 0 Å². The molecule has 0 unspecified atom stereocenters. The normalized spacial score (nSPS) is 19.1. The molecule has 3 aromatic carbocycles. The van der Waals surface area contributed by atoms with Gasteiger partial charge in [0.05, 0.1) is 33.1 Å². The van der Waals surface area contributed by atoms with E-state index < -0.39 is 0 Å². The van der Waals surface area contributed by atoms with Crippen LogP contribution in [0.3, 0.4) is 0 Å². The lowest BCUT2D eigenvalue weighted by molar-refractivity contribution is -0.0209. The summed E-state index contributed by atoms with van der Waals surface area (Å²) in [7, 11) is 5.00. The summed E-state index contributed by atoms with van der Waals surface area (Å²) in [5.41, 5.74) is 4.12. The molecule has 2 aliphatic rings. The Kier molecular flexibility index (Phi) is 4.90. The van der Waals surface area contributed by atoms with Gasteiger partial charge >= 0.3 is 0 Å². The summed E-state index contributed by atoms with van der Waals surface area (Å²) in [5, 5.41) is 7.06. The van der Waals surface area contributed by atoms with Crippen LogP contribution in [-0.4, -0.2) is 32.0 Å². The van der Waals surface area contributed by atoms with Crippen LogP contribution in [0.1, 0.15) is 35.4 Å². The lowest BCUT2D eigenvalue weighted by atomic mass is 9.95. The van der Waals surface area contributed by atoms with E-state index in [1.807, 2.05) is 54.6 Å². The number of fused-ring (bicyclic) bond motifs is 3. The highest BCUT2D eigenvalue weighted by atomic mass is 16.5. The third kappa shape index (κ3) is 3.34. The van der Waals surface area contributed by atoms with Crippen LogP contribution >= 0.6 is 0 Å². The van der Waals surface area contributed by atoms with Crippen LogP contribution in [0, 0.1) is 0 Å². The van der Waals surface area contributed by atoms with Gasteiger partial charge in [-0.2, -0.15) is 5.10 Å². The molecule has 0 radical (unpaired) electrons. The van der Waals surface area contributed by atoms with Crippen molar-refractivity contribution in [3.05, 3.63) is 83.4 Å². The monoisotopic (exact) mass is 416 g/mol. The molecule has 5 rings (SSSR count). The third-order valence-corrected chi connectivity index (χ3v) is 5.80. The van der Waals surface area contributed by atoms with Crippen molar-refractivity contribution in [2.75, 3.05) is 21.3 Å². The average molecular weight is 416 g/mol. The van der Waals surface area contributed by atoms with Crippen LogP contribution < -0.4 is 18.9 Å². The molecule has 0 saturated heterocycles. The Hall–Kier alpha value is -3.67. The van der Waals surface area contributed by atoms with Crippen LogP contribution in [0.25, 0.3) is 0 Å². The Bertz CT molecular complexity index is 1130. The predicted octanol–water partition coefficient (Wildman–Crippen LogP) is 4.95. The standard InChI is InChI=1S/C25H24N2O4/c1-28-18-12-10-16(11-13-18)25-27-22(20-8-5-9-23(30-3)24(20)31-25)15-21(26-27)17-6-4-7-19(14-17)29-2/h4-14,22,25H,15H2,1-3H3/t22-,25+/m1/s1. The molecular weight excluding hydrogens is 392 g/mol. The van der Waals surface area contributed by atoms with Gasteiger partial charge in [-0.15, -0.1) is 0 Å². The first-order valence-electron chi connectivity index (χ1n) is 10.2. The van der Waals surface area contributed by atoms with Crippen molar-refractivity contribution < 1.29 is 18.9 Å². The van der Waals surface area contributed by atoms with E-state index in [9.17, 15) is 0 Å². The first-order valence-corrected chi connectivity index (χ1v) is 10.2. The highest BCUT2D eigenvalue weighted by molar-refractivity contribution is 6.02. The fraction of sp³-hybridized carbons (Fsp3) is 0.240. The van der Waals surface area contributed by atoms with Crippen molar-refractivity contribution in [1.82, 2.24) is 5.01 Å². The summed E-state index contributed by atoms with van der Waals surface area (Å²) in [6, 6.07) is 22.0. The maximum absolute atomic E-state index is 6.48. The van der Waals surface area contributed by atoms with Crippen LogP contribution in [0.2, 0.25) is 0 Å². The first kappa shape index (κ1) is 19.3. The lowest BCUT2D eigenvalue weighted by Gasteiger charge is -2.38. The van der Waals surface area contributed by atoms with Crippen LogP contribution in [0.5, 0.6) is 23.0 Å². The molecule has 158 valence electrons. The number of rotatable bonds is 5. The number of ether oxygens (including phenoxy) is 4. The molecule has 3 aromatic rings. The fourth-order valence-corrected chi connectivity index (χ4v) is 4.21. The number of benzene rings is 3. The summed E-state index contributed by atoms with van der Waals surface area (Å²) < 4.78 is 22.8. The molecule has 0 spiro atoms. The lowest BCUT2D eigenvalue weighted by Crippen LogP contribution is -2.33. The molecular formula is C25H24N2O4. The van der Waals surface area contributed by atoms with Gasteiger partial charge in [0.25, 0.3) is 0 Å². The summed E-state index contributed by atoms with van der Waals surface area (Å²) in [5.74, 6) is 3.12. The topological polar surface area (TPSA) is 52.5 Å². The van der Waals surface area contributed by atoms with E-state index in [2.05, 4.69) is 17.1 Å². The molecule has 0 aliphatic carbocycles. The number of nitrogens with zero attached hydrogens (tertiary/aromatic N) is 2. The highest BCUT2D eigenvalue weighted by Gasteiger charge is 2.42. The second-order valence-corrected chi connectivity index (χ2v) is 7.50. The maximum Gasteiger partial charge on any atom is 0.214 e. The van der Waals surface area contributed by atoms with Gasteiger partial charge in [0.15, 0.2) is 11.5 Å². The summed E-state index contributed by atoms with van der Waals surface area (Å²) in [4.78, 5) is 0. The second-order valence-electron chi connectivity index (χ2n) is 7.50. The highest BCUT2D eigenvalue weighted by Crippen LogP contribution is 2.50. The van der Waals surface area contributed by atoms with E-state index in [0.29, 0.717) is 0 Å². The number of methoxy groups -OCH3 is 3. The SMILES string of the molecule is COc1ccc([C@@H]2Oc3c(OC)cccc3[C@H]3CC(c4cccc(OC)c4)=NN32)cc1. The van der Waals surface area contributed by atoms with Gasteiger partial charge in [0.2, 0.25) is 6.23 Å². The molecule has 0 amide bonds. The predicted molar refractivity (Wildman–Crippen MR) is 118 cm³/mol. The molecule has 0 aromatic heterocycles. The molecule has 2 aliphatic heterocycles. The number of hydrogen-bond donors (Lipinski definition) is 0. The third-order valence-electron chi connectivity index (χ3n) is 5.80. The van der Waals surface area contributed by atoms with Crippen molar-refractivity contribution in [1.29, 1.82) is 0 Å². The Morgan fingerprint density at radius 1 is 0.871 bits per heavy atom. The Labute approximate surface area is 181 Å². The Morgan fingerprint density at radius 2 is 1.65 bits per heavy atom. The van der Waals surface area contributed by atoms with E-state index in [4.69, 9.17) is 24.0 Å². The number of hydrazone groups is 1. The molecule has 6 nitrogen and oxygen atoms in total. The number of hydrogen-bond acceptors (Lipinski definition) is 6. The van der Waals surface area contributed by atoms with Crippen LogP contribution in [-0.2, 0) is 0 Å². The average Bonchev–Trinajstić information content (AvgIpc) is 3.29. The van der Waals surface area contributed by atoms with Gasteiger partial charge in [0, 0.05) is 23.1 Å². The molecule has 0 N–H and O–H groups in total. The maximum atomic E-state index is 6.48. The van der Waals surface area contributed by atoms with Crippen molar-refractivity contribution in [2.45, 2.75) is 18.7 Å². The summed E-state index contributed by atoms with van der Waals surface area (Å²) in [6.45, 7) is 0. The van der Waals surface area contributed by atoms with E-state index in [1.165, 1.54) is 0 Å². The number of para-hydroxylation sites is 1. The minimum absolute atomic E-state index is 0.0483. The largest absolute Gasteiger partial charge is 0.497 e. The van der Waals surface area contributed by atoms with Gasteiger partial charge in [0.1, 0.15) is 11.5 Å². The van der Waals surface area contributed by atoms with Gasteiger partial charge < -0.3 is 18.9 Å². The van der Waals surface area contributed by atoms with Gasteiger partial charge in [-0.05, 0) is 42.5 Å². The first-order chi connectivity index (χ1) is 15.2. The van der Waals surface area contributed by atoms with Gasteiger partial charge in [-0.1, -0.05) is 24.3 Å². The smallest absolute Gasteiger partial charge is 0.214 e. The van der Waals surface area contributed by atoms with Gasteiger partial charge in [-0.3, -0.25) is 0 Å². The summed E-state index contributed by atoms with van der Waals surface area (Å²) >= 11 is 0. The van der Waals surface area contributed by atoms with Crippen molar-refractivity contribution in [3.8, 4) is 23.0 Å². The minimum atomic E-state index is -0.372. The molecule has 2 heterocycles. The fourth-order valence-electron chi connectivity index (χ4n) is 4.21. The van der Waals surface area contributed by atoms with E-state index in [-0.39, 0.29) is 12.3 Å². The molecule has 31 heavy (non-hydrogen) atoms. The molecule has 0 fully saturated rings. The Balaban J connectivity index is 1.59. The van der Waals surface area contributed by atoms with Crippen LogP contribution in [0.4, 0.5) is 0 Å². The van der Waals surface area contributed by atoms with E-state index in [1.54, 1.807) is 21.3 Å². The summed E-state index contributed by atoms with van der Waals surface area (Å²) in [6.07, 6.45) is 0.395. The zero-order chi connectivity index (χ0) is 21.4. The van der Waals surface area contributed by atoms with E-state index in [0.717, 1.165) is 51.8 Å². The zero-order valence-electron chi connectivity index (χ0n) is 17.7. The molecule has 0 saturated carbocycles. The van der Waals surface area contributed by atoms with Crippen molar-refractivity contribution in [2.24, 2.45) is 5.10 Å². The van der Waals surface area contributed by atoms with Crippen molar-refractivity contribution in [3.63, 3.8) is 0 Å². The van der Waals surface area contributed by atoms with Crippen LogP contribution in [0.15, 0.2) is 71.8 Å². The van der Waals surface area contributed by atoms with Crippen molar-refractivity contribution >= 4 is 5.71 Å². The quantitative estimate of drug-likeness (QED) is 0.589. The van der Waals surface area contributed by atoms with Gasteiger partial charge in [-0.25, -0.2) is 5.01 Å². The molecule has 6 heteroatoms. The second kappa shape index (κ2) is 7.87.